The number of aromatic nitrogens is 3. The molecule has 12 nitrogen and oxygen atoms in total. The lowest BCUT2D eigenvalue weighted by Crippen LogP contribution is -2.45. The molecule has 4 bridgehead atoms. The molecule has 1 aliphatic heterocycles. The van der Waals surface area contributed by atoms with Gasteiger partial charge in [0.25, 0.3) is 17.7 Å². The molecule has 0 aliphatic carbocycles. The summed E-state index contributed by atoms with van der Waals surface area (Å²) in [5.74, 6) is -1.66. The summed E-state index contributed by atoms with van der Waals surface area (Å²) < 4.78 is 5.69. The van der Waals surface area contributed by atoms with Crippen molar-refractivity contribution in [1.29, 1.82) is 0 Å². The van der Waals surface area contributed by atoms with Gasteiger partial charge in [-0.2, -0.15) is 0 Å². The van der Waals surface area contributed by atoms with E-state index in [1.165, 1.54) is 22.5 Å². The van der Waals surface area contributed by atoms with Gasteiger partial charge in [-0.05, 0) is 37.5 Å². The fraction of sp³-hybridized carbons (Fsp3) is 0.344. The highest BCUT2D eigenvalue weighted by Gasteiger charge is 2.29. The van der Waals surface area contributed by atoms with Crippen LogP contribution in [0.3, 0.4) is 0 Å². The lowest BCUT2D eigenvalue weighted by atomic mass is 10.0. The van der Waals surface area contributed by atoms with Crippen molar-refractivity contribution in [2.45, 2.75) is 46.2 Å². The van der Waals surface area contributed by atoms with Crippen molar-refractivity contribution in [3.63, 3.8) is 0 Å². The van der Waals surface area contributed by atoms with Gasteiger partial charge in [0.05, 0.1) is 23.8 Å². The van der Waals surface area contributed by atoms with Gasteiger partial charge in [-0.25, -0.2) is 9.97 Å². The Kier molecular flexibility index (Phi) is 9.67. The minimum Gasteiger partial charge on any atom is -0.446 e. The molecule has 0 fully saturated rings. The van der Waals surface area contributed by atoms with E-state index in [0.717, 1.165) is 11.3 Å². The van der Waals surface area contributed by atoms with Gasteiger partial charge in [0.15, 0.2) is 5.69 Å². The van der Waals surface area contributed by atoms with Crippen LogP contribution >= 0.6 is 11.3 Å². The number of thiazole rings is 1. The molecule has 4 heterocycles. The number of oxazole rings is 1. The highest BCUT2D eigenvalue weighted by Crippen LogP contribution is 2.26. The predicted octanol–water partition coefficient (Wildman–Crippen LogP) is 3.56. The number of carbonyl (C=O) groups excluding carboxylic acids is 4. The second-order valence-electron chi connectivity index (χ2n) is 11.2. The number of amides is 4. The highest BCUT2D eigenvalue weighted by atomic mass is 32.1. The molecule has 234 valence electrons. The second kappa shape index (κ2) is 13.8. The summed E-state index contributed by atoms with van der Waals surface area (Å²) in [4.78, 5) is 68.2. The van der Waals surface area contributed by atoms with Crippen LogP contribution in [-0.4, -0.2) is 63.1 Å². The quantitative estimate of drug-likeness (QED) is 0.309. The first-order chi connectivity index (χ1) is 21.6. The van der Waals surface area contributed by atoms with Gasteiger partial charge >= 0.3 is 0 Å². The smallest absolute Gasteiger partial charge is 0.273 e. The molecule has 0 saturated carbocycles. The van der Waals surface area contributed by atoms with Crippen LogP contribution in [0.25, 0.3) is 0 Å². The molecule has 0 spiro atoms. The highest BCUT2D eigenvalue weighted by molar-refractivity contribution is 7.09. The third kappa shape index (κ3) is 7.60. The zero-order valence-corrected chi connectivity index (χ0v) is 26.3. The molecule has 5 rings (SSSR count). The fourth-order valence-corrected chi connectivity index (χ4v) is 6.03. The predicted molar refractivity (Wildman–Crippen MR) is 167 cm³/mol. The average Bonchev–Trinajstić information content (AvgIpc) is 3.70. The molecule has 0 saturated heterocycles. The summed E-state index contributed by atoms with van der Waals surface area (Å²) in [6.07, 6.45) is 1.59. The van der Waals surface area contributed by atoms with E-state index in [1.807, 2.05) is 51.1 Å². The minimum atomic E-state index is -0.689. The van der Waals surface area contributed by atoms with E-state index in [-0.39, 0.29) is 48.7 Å². The van der Waals surface area contributed by atoms with Crippen molar-refractivity contribution in [3.8, 4) is 0 Å². The van der Waals surface area contributed by atoms with Gasteiger partial charge in [0, 0.05) is 30.6 Å². The van der Waals surface area contributed by atoms with Gasteiger partial charge in [0.1, 0.15) is 23.0 Å². The molecular weight excluding hydrogens is 594 g/mol. The van der Waals surface area contributed by atoms with Crippen LogP contribution in [0.2, 0.25) is 0 Å². The van der Waals surface area contributed by atoms with Crippen molar-refractivity contribution < 1.29 is 23.6 Å². The van der Waals surface area contributed by atoms with Gasteiger partial charge in [0.2, 0.25) is 11.8 Å². The number of carbonyl (C=O) groups is 4. The normalized spacial score (nSPS) is 18.1. The molecule has 13 heteroatoms. The van der Waals surface area contributed by atoms with Crippen LogP contribution in [0, 0.1) is 19.8 Å². The molecule has 2 atom stereocenters. The van der Waals surface area contributed by atoms with Crippen LogP contribution in [-0.2, 0) is 11.2 Å². The molecule has 4 aromatic rings. The van der Waals surface area contributed by atoms with Crippen LogP contribution in [0.5, 0.6) is 0 Å². The van der Waals surface area contributed by atoms with Crippen molar-refractivity contribution >= 4 is 35.0 Å². The van der Waals surface area contributed by atoms with E-state index >= 15 is 0 Å². The van der Waals surface area contributed by atoms with Crippen LogP contribution in [0.4, 0.5) is 0 Å². The Morgan fingerprint density at radius 3 is 2.51 bits per heavy atom. The molecular formula is C32H35N7O5S. The van der Waals surface area contributed by atoms with Crippen LogP contribution in [0.1, 0.15) is 85.1 Å². The first-order valence-electron chi connectivity index (χ1n) is 14.7. The van der Waals surface area contributed by atoms with E-state index in [9.17, 15) is 19.2 Å². The van der Waals surface area contributed by atoms with E-state index in [4.69, 9.17) is 4.42 Å². The summed E-state index contributed by atoms with van der Waals surface area (Å²) in [5.41, 5.74) is 2.80. The Morgan fingerprint density at radius 2 is 1.78 bits per heavy atom. The number of hydrogen-bond donors (Lipinski definition) is 3. The molecule has 3 N–H and O–H groups in total. The number of benzene rings is 1. The van der Waals surface area contributed by atoms with Gasteiger partial charge < -0.3 is 25.3 Å². The summed E-state index contributed by atoms with van der Waals surface area (Å²) in [5, 5.41) is 10.9. The number of fused-ring (bicyclic) bond motifs is 4. The molecule has 1 aliphatic rings. The maximum absolute atomic E-state index is 13.6. The van der Waals surface area contributed by atoms with E-state index in [1.54, 1.807) is 24.4 Å². The fourth-order valence-electron chi connectivity index (χ4n) is 5.01. The van der Waals surface area contributed by atoms with E-state index in [0.29, 0.717) is 22.7 Å². The molecule has 45 heavy (non-hydrogen) atoms. The van der Waals surface area contributed by atoms with E-state index in [2.05, 4.69) is 30.9 Å². The van der Waals surface area contributed by atoms with Crippen LogP contribution in [0.15, 0.2) is 58.5 Å². The molecule has 3 aromatic heterocycles. The number of nitrogens with one attached hydrogen (secondary N) is 3. The van der Waals surface area contributed by atoms with E-state index < -0.39 is 29.8 Å². The van der Waals surface area contributed by atoms with Crippen molar-refractivity contribution in [2.75, 3.05) is 19.6 Å². The first-order valence-corrected chi connectivity index (χ1v) is 15.5. The topological polar surface area (TPSA) is 159 Å². The molecule has 1 aromatic carbocycles. The summed E-state index contributed by atoms with van der Waals surface area (Å²) >= 11 is 1.26. The van der Waals surface area contributed by atoms with Gasteiger partial charge in [-0.1, -0.05) is 44.2 Å². The Bertz CT molecular complexity index is 1700. The number of pyridine rings is 1. The monoisotopic (exact) mass is 629 g/mol. The second-order valence-corrected chi connectivity index (χ2v) is 12.1. The zero-order chi connectivity index (χ0) is 32.1. The molecule has 4 amide bonds. The van der Waals surface area contributed by atoms with Crippen molar-refractivity contribution in [1.82, 2.24) is 35.8 Å². The van der Waals surface area contributed by atoms with Crippen molar-refractivity contribution in [2.24, 2.45) is 5.92 Å². The molecule has 0 unspecified atom stereocenters. The Balaban J connectivity index is 1.48. The summed E-state index contributed by atoms with van der Waals surface area (Å²) in [6, 6.07) is 11.8. The SMILES string of the molecule is Cc1ccc(C(=O)N2CCNC(=O)c3coc(n3)[C@H](Cc3ccccc3)NC(=O)c3csc(n3)[C@H](C(C)C)NC(=O)C2)c(C)n1. The van der Waals surface area contributed by atoms with Crippen molar-refractivity contribution in [3.05, 3.63) is 98.9 Å². The number of rotatable bonds is 4. The average molecular weight is 630 g/mol. The van der Waals surface area contributed by atoms with Gasteiger partial charge in [-0.3, -0.25) is 24.2 Å². The number of hydrogen-bond acceptors (Lipinski definition) is 9. The number of nitrogens with zero attached hydrogens (tertiary/aromatic N) is 4. The zero-order valence-electron chi connectivity index (χ0n) is 25.5. The summed E-state index contributed by atoms with van der Waals surface area (Å²) in [6.45, 7) is 7.28. The third-order valence-electron chi connectivity index (χ3n) is 7.39. The largest absolute Gasteiger partial charge is 0.446 e. The maximum Gasteiger partial charge on any atom is 0.273 e. The summed E-state index contributed by atoms with van der Waals surface area (Å²) in [7, 11) is 0. The Hall–Kier alpha value is -4.91. The Labute approximate surface area is 264 Å². The third-order valence-corrected chi connectivity index (χ3v) is 8.32. The number of aryl methyl sites for hydroxylation is 2. The standard InChI is InChI=1S/C32H35N7O5S/c1-18(2)27-31-37-25(17-45-31)29(42)35-23(14-21-8-6-5-7-9-21)30-36-24(16-44-30)28(41)33-12-13-39(15-26(40)38-27)32(43)22-11-10-19(3)34-20(22)4/h5-11,16-18,23,27H,12-15H2,1-4H3,(H,33,41)(H,35,42)(H,38,40)/t23-,27-/m0/s1. The minimum absolute atomic E-state index is 0.0170. The Morgan fingerprint density at radius 1 is 1.00 bits per heavy atom. The lowest BCUT2D eigenvalue weighted by Gasteiger charge is -2.26. The first kappa shape index (κ1) is 31.5. The van der Waals surface area contributed by atoms with Gasteiger partial charge in [-0.15, -0.1) is 11.3 Å². The molecule has 0 radical (unpaired) electrons. The maximum atomic E-state index is 13.6. The lowest BCUT2D eigenvalue weighted by molar-refractivity contribution is -0.122. The van der Waals surface area contributed by atoms with Crippen LogP contribution < -0.4 is 16.0 Å².